The van der Waals surface area contributed by atoms with Crippen molar-refractivity contribution >= 4 is 16.9 Å². The number of benzene rings is 2. The zero-order chi connectivity index (χ0) is 17.2. The minimum Gasteiger partial charge on any atom is -0.493 e. The number of rotatable bonds is 3. The molecule has 0 spiro atoms. The number of likely N-dealkylation sites (tertiary alicyclic amines) is 1. The van der Waals surface area contributed by atoms with Crippen LogP contribution in [0.4, 0.5) is 4.79 Å². The van der Waals surface area contributed by atoms with Crippen LogP contribution in [0.5, 0.6) is 5.75 Å². The Morgan fingerprint density at radius 2 is 1.92 bits per heavy atom. The molecule has 0 aromatic heterocycles. The van der Waals surface area contributed by atoms with Crippen LogP contribution in [0.1, 0.15) is 27.2 Å². The maximum atomic E-state index is 12.1. The Bertz CT molecular complexity index is 720. The van der Waals surface area contributed by atoms with Crippen LogP contribution in [0.15, 0.2) is 42.5 Å². The Hall–Kier alpha value is -2.23. The lowest BCUT2D eigenvalue weighted by molar-refractivity contribution is 0.0285. The Morgan fingerprint density at radius 3 is 2.67 bits per heavy atom. The summed E-state index contributed by atoms with van der Waals surface area (Å²) in [5.41, 5.74) is -0.448. The first-order chi connectivity index (χ1) is 11.4. The summed E-state index contributed by atoms with van der Waals surface area (Å²) in [5.74, 6) is 1.23. The summed E-state index contributed by atoms with van der Waals surface area (Å²) in [6, 6.07) is 14.4. The van der Waals surface area contributed by atoms with Crippen molar-refractivity contribution in [1.82, 2.24) is 4.90 Å². The number of amides is 1. The van der Waals surface area contributed by atoms with Crippen LogP contribution in [0.3, 0.4) is 0 Å². The number of carbonyl (C=O) groups is 1. The molecule has 0 saturated carbocycles. The van der Waals surface area contributed by atoms with Gasteiger partial charge in [-0.15, -0.1) is 0 Å². The second-order valence-corrected chi connectivity index (χ2v) is 7.40. The summed E-state index contributed by atoms with van der Waals surface area (Å²) in [4.78, 5) is 13.9. The van der Waals surface area contributed by atoms with Gasteiger partial charge in [-0.2, -0.15) is 0 Å². The van der Waals surface area contributed by atoms with Crippen molar-refractivity contribution in [2.24, 2.45) is 5.92 Å². The van der Waals surface area contributed by atoms with Gasteiger partial charge in [0.15, 0.2) is 0 Å². The lowest BCUT2D eigenvalue weighted by Gasteiger charge is -2.24. The second-order valence-electron chi connectivity index (χ2n) is 7.40. The van der Waals surface area contributed by atoms with Gasteiger partial charge in [0.1, 0.15) is 11.4 Å². The molecule has 1 saturated heterocycles. The average molecular weight is 327 g/mol. The predicted molar refractivity (Wildman–Crippen MR) is 95.4 cm³/mol. The van der Waals surface area contributed by atoms with Crippen LogP contribution in [0.25, 0.3) is 10.8 Å². The third-order valence-corrected chi connectivity index (χ3v) is 4.14. The molecule has 0 radical (unpaired) electrons. The first kappa shape index (κ1) is 16.6. The molecule has 0 aliphatic carbocycles. The first-order valence-electron chi connectivity index (χ1n) is 8.50. The van der Waals surface area contributed by atoms with E-state index >= 15 is 0 Å². The quantitative estimate of drug-likeness (QED) is 0.834. The highest BCUT2D eigenvalue weighted by Gasteiger charge is 2.30. The fraction of sp³-hybridized carbons (Fsp3) is 0.450. The van der Waals surface area contributed by atoms with Crippen molar-refractivity contribution in [3.8, 4) is 5.75 Å². The lowest BCUT2D eigenvalue weighted by Crippen LogP contribution is -2.35. The fourth-order valence-electron chi connectivity index (χ4n) is 2.93. The summed E-state index contributed by atoms with van der Waals surface area (Å²) < 4.78 is 11.4. The van der Waals surface area contributed by atoms with Crippen molar-refractivity contribution in [2.75, 3.05) is 19.7 Å². The molecule has 4 nitrogen and oxygen atoms in total. The molecule has 1 amide bonds. The monoisotopic (exact) mass is 327 g/mol. The largest absolute Gasteiger partial charge is 0.493 e. The Labute approximate surface area is 143 Å². The van der Waals surface area contributed by atoms with Crippen LogP contribution in [0.2, 0.25) is 0 Å². The first-order valence-corrected chi connectivity index (χ1v) is 8.50. The Kier molecular flexibility index (Phi) is 4.65. The molecule has 0 N–H and O–H groups in total. The van der Waals surface area contributed by atoms with E-state index in [2.05, 4.69) is 24.3 Å². The molecule has 4 heteroatoms. The molecule has 128 valence electrons. The van der Waals surface area contributed by atoms with Gasteiger partial charge in [0, 0.05) is 19.0 Å². The van der Waals surface area contributed by atoms with Gasteiger partial charge in [-0.05, 0) is 50.1 Å². The molecular formula is C20H25NO3. The molecular weight excluding hydrogens is 302 g/mol. The molecule has 1 aliphatic heterocycles. The van der Waals surface area contributed by atoms with E-state index in [9.17, 15) is 4.79 Å². The highest BCUT2D eigenvalue weighted by molar-refractivity contribution is 5.83. The predicted octanol–water partition coefficient (Wildman–Crippen LogP) is 4.48. The number of hydrogen-bond acceptors (Lipinski definition) is 3. The normalized spacial score (nSPS) is 18.0. The van der Waals surface area contributed by atoms with Crippen molar-refractivity contribution in [1.29, 1.82) is 0 Å². The van der Waals surface area contributed by atoms with Crippen LogP contribution in [-0.4, -0.2) is 36.3 Å². The molecule has 1 atom stereocenters. The van der Waals surface area contributed by atoms with E-state index in [4.69, 9.17) is 9.47 Å². The molecule has 24 heavy (non-hydrogen) atoms. The SMILES string of the molecule is CC(C)(C)OC(=O)N1CC[C@H](COc2ccc3ccccc3c2)C1. The van der Waals surface area contributed by atoms with E-state index < -0.39 is 5.60 Å². The van der Waals surface area contributed by atoms with Crippen molar-refractivity contribution in [3.05, 3.63) is 42.5 Å². The molecule has 2 aromatic rings. The maximum absolute atomic E-state index is 12.1. The summed E-state index contributed by atoms with van der Waals surface area (Å²) in [6.45, 7) is 7.73. The van der Waals surface area contributed by atoms with E-state index in [0.29, 0.717) is 19.1 Å². The third-order valence-electron chi connectivity index (χ3n) is 4.14. The van der Waals surface area contributed by atoms with Gasteiger partial charge in [-0.25, -0.2) is 4.79 Å². The number of carbonyl (C=O) groups excluding carboxylic acids is 1. The zero-order valence-electron chi connectivity index (χ0n) is 14.6. The number of fused-ring (bicyclic) bond motifs is 1. The minimum absolute atomic E-state index is 0.226. The maximum Gasteiger partial charge on any atom is 0.410 e. The van der Waals surface area contributed by atoms with Gasteiger partial charge >= 0.3 is 6.09 Å². The van der Waals surface area contributed by atoms with Gasteiger partial charge in [0.25, 0.3) is 0 Å². The van der Waals surface area contributed by atoms with Crippen LogP contribution >= 0.6 is 0 Å². The number of nitrogens with zero attached hydrogens (tertiary/aromatic N) is 1. The smallest absolute Gasteiger partial charge is 0.410 e. The van der Waals surface area contributed by atoms with Crippen molar-refractivity contribution < 1.29 is 14.3 Å². The van der Waals surface area contributed by atoms with Gasteiger partial charge in [-0.3, -0.25) is 0 Å². The number of hydrogen-bond donors (Lipinski definition) is 0. The summed E-state index contributed by atoms with van der Waals surface area (Å²) >= 11 is 0. The van der Waals surface area contributed by atoms with E-state index in [1.54, 1.807) is 4.90 Å². The second kappa shape index (κ2) is 6.71. The van der Waals surface area contributed by atoms with Crippen LogP contribution < -0.4 is 4.74 Å². The highest BCUT2D eigenvalue weighted by atomic mass is 16.6. The topological polar surface area (TPSA) is 38.8 Å². The van der Waals surface area contributed by atoms with E-state index in [-0.39, 0.29) is 6.09 Å². The van der Waals surface area contributed by atoms with Crippen LogP contribution in [0, 0.1) is 5.92 Å². The standard InChI is InChI=1S/C20H25NO3/c1-20(2,3)24-19(22)21-11-10-15(13-21)14-23-18-9-8-16-6-4-5-7-17(16)12-18/h4-9,12,15H,10-11,13-14H2,1-3H3/t15-/m0/s1. The molecule has 0 unspecified atom stereocenters. The average Bonchev–Trinajstić information content (AvgIpc) is 3.00. The van der Waals surface area contributed by atoms with Crippen molar-refractivity contribution in [3.63, 3.8) is 0 Å². The minimum atomic E-state index is -0.448. The zero-order valence-corrected chi connectivity index (χ0v) is 14.6. The van der Waals surface area contributed by atoms with Gasteiger partial charge < -0.3 is 14.4 Å². The third kappa shape index (κ3) is 4.19. The van der Waals surface area contributed by atoms with E-state index in [0.717, 1.165) is 18.7 Å². The van der Waals surface area contributed by atoms with Gasteiger partial charge in [-0.1, -0.05) is 30.3 Å². The fourth-order valence-corrected chi connectivity index (χ4v) is 2.93. The van der Waals surface area contributed by atoms with Crippen LogP contribution in [-0.2, 0) is 4.74 Å². The van der Waals surface area contributed by atoms with E-state index in [1.165, 1.54) is 10.8 Å². The molecule has 1 heterocycles. The summed E-state index contributed by atoms with van der Waals surface area (Å²) in [7, 11) is 0. The molecule has 2 aromatic carbocycles. The number of ether oxygens (including phenoxy) is 2. The van der Waals surface area contributed by atoms with Gasteiger partial charge in [0.05, 0.1) is 6.61 Å². The van der Waals surface area contributed by atoms with Gasteiger partial charge in [0.2, 0.25) is 0 Å². The molecule has 3 rings (SSSR count). The highest BCUT2D eigenvalue weighted by Crippen LogP contribution is 2.23. The van der Waals surface area contributed by atoms with E-state index in [1.807, 2.05) is 39.0 Å². The summed E-state index contributed by atoms with van der Waals surface area (Å²) in [6.07, 6.45) is 0.725. The Balaban J connectivity index is 1.53. The summed E-state index contributed by atoms with van der Waals surface area (Å²) in [5, 5.41) is 2.39. The molecule has 0 bridgehead atoms. The van der Waals surface area contributed by atoms with Crippen molar-refractivity contribution in [2.45, 2.75) is 32.8 Å². The lowest BCUT2D eigenvalue weighted by atomic mass is 10.1. The molecule has 1 aliphatic rings. The Morgan fingerprint density at radius 1 is 1.17 bits per heavy atom. The molecule has 1 fully saturated rings.